The van der Waals surface area contributed by atoms with Crippen molar-refractivity contribution in [1.82, 2.24) is 0 Å². The molecule has 8 nitrogen and oxygen atoms in total. The standard InChI is InChI=1S/C44H66O8/c1-7-11-15-17-19-27-49-41(45)37-25-23-35(29-39(37)43(47)50-28-20-18-16-12-8-2)36-24-26-38(42(46)51-31-33(5)21-13-9-3)40(30-36)44(48)52-32-34(6)22-14-10-4/h23-26,29-30,33-34H,7-22,27-28,31-32H2,1-6H3. The van der Waals surface area contributed by atoms with E-state index < -0.39 is 23.9 Å². The molecule has 0 spiro atoms. The summed E-state index contributed by atoms with van der Waals surface area (Å²) in [6.07, 6.45) is 16.2. The number of hydrogen-bond acceptors (Lipinski definition) is 8. The van der Waals surface area contributed by atoms with Crippen LogP contribution >= 0.6 is 0 Å². The fourth-order valence-electron chi connectivity index (χ4n) is 5.90. The Hall–Kier alpha value is -3.68. The first-order chi connectivity index (χ1) is 25.2. The number of hydrogen-bond donors (Lipinski definition) is 0. The first kappa shape index (κ1) is 44.5. The molecule has 8 heteroatoms. The molecule has 2 aromatic carbocycles. The molecule has 290 valence electrons. The molecule has 0 aliphatic carbocycles. The van der Waals surface area contributed by atoms with Gasteiger partial charge in [0.25, 0.3) is 0 Å². The lowest BCUT2D eigenvalue weighted by atomic mass is 9.95. The summed E-state index contributed by atoms with van der Waals surface area (Å²) >= 11 is 0. The normalized spacial score (nSPS) is 12.2. The van der Waals surface area contributed by atoms with E-state index in [0.29, 0.717) is 11.1 Å². The molecule has 0 amide bonds. The molecule has 0 aliphatic rings. The van der Waals surface area contributed by atoms with E-state index in [-0.39, 0.29) is 60.5 Å². The Kier molecular flexibility index (Phi) is 22.4. The molecule has 52 heavy (non-hydrogen) atoms. The van der Waals surface area contributed by atoms with Gasteiger partial charge in [0.2, 0.25) is 0 Å². The van der Waals surface area contributed by atoms with Crippen molar-refractivity contribution in [2.45, 2.75) is 144 Å². The highest BCUT2D eigenvalue weighted by atomic mass is 16.5. The summed E-state index contributed by atoms with van der Waals surface area (Å²) in [5.41, 5.74) is 1.59. The predicted octanol–water partition coefficient (Wildman–Crippen LogP) is 11.6. The maximum atomic E-state index is 13.6. The molecule has 0 N–H and O–H groups in total. The average Bonchev–Trinajstić information content (AvgIpc) is 3.16. The van der Waals surface area contributed by atoms with Crippen molar-refractivity contribution in [3.63, 3.8) is 0 Å². The van der Waals surface area contributed by atoms with Crippen LogP contribution in [0.3, 0.4) is 0 Å². The zero-order chi connectivity index (χ0) is 38.1. The van der Waals surface area contributed by atoms with Gasteiger partial charge in [-0.3, -0.25) is 0 Å². The van der Waals surface area contributed by atoms with E-state index in [0.717, 1.165) is 103 Å². The minimum Gasteiger partial charge on any atom is -0.462 e. The maximum absolute atomic E-state index is 13.6. The number of benzene rings is 2. The molecule has 2 atom stereocenters. The van der Waals surface area contributed by atoms with Gasteiger partial charge < -0.3 is 18.9 Å². The third kappa shape index (κ3) is 16.3. The lowest BCUT2D eigenvalue weighted by Crippen LogP contribution is -2.18. The lowest BCUT2D eigenvalue weighted by Gasteiger charge is -2.16. The number of unbranched alkanes of at least 4 members (excludes halogenated alkanes) is 10. The summed E-state index contributed by atoms with van der Waals surface area (Å²) in [7, 11) is 0. The maximum Gasteiger partial charge on any atom is 0.339 e. The highest BCUT2D eigenvalue weighted by Crippen LogP contribution is 2.28. The summed E-state index contributed by atoms with van der Waals surface area (Å²) in [5, 5.41) is 0. The molecule has 2 unspecified atom stereocenters. The highest BCUT2D eigenvalue weighted by molar-refractivity contribution is 6.06. The van der Waals surface area contributed by atoms with Crippen LogP contribution in [0.2, 0.25) is 0 Å². The van der Waals surface area contributed by atoms with E-state index in [2.05, 4.69) is 27.7 Å². The minimum atomic E-state index is -0.613. The van der Waals surface area contributed by atoms with E-state index in [1.807, 2.05) is 13.8 Å². The SMILES string of the molecule is CCCCCCCOC(=O)c1ccc(-c2ccc(C(=O)OCC(C)CCCC)c(C(=O)OCC(C)CCCC)c2)cc1C(=O)OCCCCCCC. The van der Waals surface area contributed by atoms with Crippen LogP contribution < -0.4 is 0 Å². The fraction of sp³-hybridized carbons (Fsp3) is 0.636. The van der Waals surface area contributed by atoms with Crippen molar-refractivity contribution >= 4 is 23.9 Å². The van der Waals surface area contributed by atoms with Crippen LogP contribution in [0.1, 0.15) is 186 Å². The van der Waals surface area contributed by atoms with Gasteiger partial charge in [-0.15, -0.1) is 0 Å². The van der Waals surface area contributed by atoms with Gasteiger partial charge >= 0.3 is 23.9 Å². The Balaban J connectivity index is 2.43. The van der Waals surface area contributed by atoms with Gasteiger partial charge in [-0.05, 0) is 72.9 Å². The Labute approximate surface area is 313 Å². The van der Waals surface area contributed by atoms with Gasteiger partial charge in [0, 0.05) is 0 Å². The molecular formula is C44H66O8. The van der Waals surface area contributed by atoms with Gasteiger partial charge in [0.1, 0.15) is 0 Å². The summed E-state index contributed by atoms with van der Waals surface area (Å²) in [6, 6.07) is 9.76. The van der Waals surface area contributed by atoms with Crippen molar-refractivity contribution in [3.8, 4) is 11.1 Å². The van der Waals surface area contributed by atoms with Gasteiger partial charge in [0.05, 0.1) is 48.7 Å². The van der Waals surface area contributed by atoms with Crippen LogP contribution in [-0.2, 0) is 18.9 Å². The number of esters is 4. The lowest BCUT2D eigenvalue weighted by molar-refractivity contribution is 0.0396. The van der Waals surface area contributed by atoms with Crippen LogP contribution in [0.15, 0.2) is 36.4 Å². The number of ether oxygens (including phenoxy) is 4. The van der Waals surface area contributed by atoms with Gasteiger partial charge in [-0.2, -0.15) is 0 Å². The van der Waals surface area contributed by atoms with Crippen LogP contribution in [-0.4, -0.2) is 50.3 Å². The monoisotopic (exact) mass is 722 g/mol. The van der Waals surface area contributed by atoms with E-state index in [1.54, 1.807) is 36.4 Å². The van der Waals surface area contributed by atoms with Crippen molar-refractivity contribution < 1.29 is 38.1 Å². The first-order valence-corrected chi connectivity index (χ1v) is 20.1. The van der Waals surface area contributed by atoms with Crippen molar-refractivity contribution in [3.05, 3.63) is 58.7 Å². The topological polar surface area (TPSA) is 105 Å². The molecule has 0 saturated carbocycles. The van der Waals surface area contributed by atoms with E-state index in [4.69, 9.17) is 18.9 Å². The summed E-state index contributed by atoms with van der Waals surface area (Å²) in [5.74, 6) is -2.02. The molecule has 0 saturated heterocycles. The second-order valence-corrected chi connectivity index (χ2v) is 14.3. The van der Waals surface area contributed by atoms with Crippen molar-refractivity contribution in [2.24, 2.45) is 11.8 Å². The highest BCUT2D eigenvalue weighted by Gasteiger charge is 2.24. The molecule has 0 aromatic heterocycles. The Morgan fingerprint density at radius 3 is 1.19 bits per heavy atom. The quantitative estimate of drug-likeness (QED) is 0.0510. The van der Waals surface area contributed by atoms with Gasteiger partial charge in [-0.25, -0.2) is 19.2 Å². The third-order valence-electron chi connectivity index (χ3n) is 9.31. The molecule has 0 bridgehead atoms. The molecule has 2 aromatic rings. The number of rotatable bonds is 27. The van der Waals surface area contributed by atoms with E-state index in [1.165, 1.54) is 0 Å². The van der Waals surface area contributed by atoms with E-state index >= 15 is 0 Å². The smallest absolute Gasteiger partial charge is 0.339 e. The molecule has 0 radical (unpaired) electrons. The zero-order valence-corrected chi connectivity index (χ0v) is 33.0. The Morgan fingerprint density at radius 1 is 0.442 bits per heavy atom. The second-order valence-electron chi connectivity index (χ2n) is 14.3. The van der Waals surface area contributed by atoms with E-state index in [9.17, 15) is 19.2 Å². The van der Waals surface area contributed by atoms with Crippen LogP contribution in [0.5, 0.6) is 0 Å². The molecule has 0 fully saturated rings. The first-order valence-electron chi connectivity index (χ1n) is 20.1. The van der Waals surface area contributed by atoms with Crippen LogP contribution in [0.4, 0.5) is 0 Å². The van der Waals surface area contributed by atoms with Crippen molar-refractivity contribution in [1.29, 1.82) is 0 Å². The molecular weight excluding hydrogens is 656 g/mol. The largest absolute Gasteiger partial charge is 0.462 e. The number of carbonyl (C=O) groups is 4. The van der Waals surface area contributed by atoms with Gasteiger partial charge in [-0.1, -0.05) is 131 Å². The Morgan fingerprint density at radius 2 is 0.788 bits per heavy atom. The molecule has 2 rings (SSSR count). The second kappa shape index (κ2) is 26.1. The van der Waals surface area contributed by atoms with Crippen LogP contribution in [0.25, 0.3) is 11.1 Å². The summed E-state index contributed by atoms with van der Waals surface area (Å²) in [4.78, 5) is 53.6. The minimum absolute atomic E-state index is 0.0918. The average molecular weight is 723 g/mol. The summed E-state index contributed by atoms with van der Waals surface area (Å²) in [6.45, 7) is 13.6. The van der Waals surface area contributed by atoms with Crippen LogP contribution in [0, 0.1) is 11.8 Å². The molecule has 0 aliphatic heterocycles. The zero-order valence-electron chi connectivity index (χ0n) is 33.0. The predicted molar refractivity (Wildman–Crippen MR) is 208 cm³/mol. The van der Waals surface area contributed by atoms with Gasteiger partial charge in [0.15, 0.2) is 0 Å². The molecule has 0 heterocycles. The summed E-state index contributed by atoms with van der Waals surface area (Å²) < 4.78 is 22.6. The van der Waals surface area contributed by atoms with Crippen molar-refractivity contribution in [2.75, 3.05) is 26.4 Å². The Bertz CT molecular complexity index is 1370. The third-order valence-corrected chi connectivity index (χ3v) is 9.31. The fourth-order valence-corrected chi connectivity index (χ4v) is 5.90. The number of carbonyl (C=O) groups excluding carboxylic acids is 4.